The fourth-order valence-electron chi connectivity index (χ4n) is 2.88. The third kappa shape index (κ3) is 6.92. The zero-order chi connectivity index (χ0) is 20.2. The Morgan fingerprint density at radius 1 is 1.07 bits per heavy atom. The van der Waals surface area contributed by atoms with Gasteiger partial charge in [-0.05, 0) is 67.5 Å². The van der Waals surface area contributed by atoms with Gasteiger partial charge in [0.2, 0.25) is 0 Å². The van der Waals surface area contributed by atoms with Crippen molar-refractivity contribution >= 4 is 5.97 Å². The lowest BCUT2D eigenvalue weighted by Gasteiger charge is -2.18. The first-order valence-electron chi connectivity index (χ1n) is 9.72. The maximum Gasteiger partial charge on any atom is 0.330 e. The van der Waals surface area contributed by atoms with Crippen molar-refractivity contribution in [2.75, 3.05) is 6.61 Å². The van der Waals surface area contributed by atoms with E-state index in [-0.39, 0.29) is 12.1 Å². The van der Waals surface area contributed by atoms with Crippen LogP contribution in [0.1, 0.15) is 44.6 Å². The third-order valence-electron chi connectivity index (χ3n) is 4.54. The number of benzene rings is 2. The van der Waals surface area contributed by atoms with Gasteiger partial charge in [-0.1, -0.05) is 37.8 Å². The second-order valence-electron chi connectivity index (χ2n) is 6.58. The molecule has 1 unspecified atom stereocenters. The average Bonchev–Trinajstić information content (AvgIpc) is 2.75. The number of rotatable bonds is 11. The number of hydrogen-bond donors (Lipinski definition) is 0. The number of unbranched alkanes of at least 4 members (excludes halogenated alkanes) is 2. The van der Waals surface area contributed by atoms with E-state index in [9.17, 15) is 4.79 Å². The minimum absolute atomic E-state index is 0.177. The number of esters is 1. The molecule has 0 bridgehead atoms. The summed E-state index contributed by atoms with van der Waals surface area (Å²) < 4.78 is 11.1. The Hall–Kier alpha value is -3.06. The summed E-state index contributed by atoms with van der Waals surface area (Å²) in [5.41, 5.74) is 2.84. The summed E-state index contributed by atoms with van der Waals surface area (Å²) in [4.78, 5) is 11.0. The Kier molecular flexibility index (Phi) is 8.81. The van der Waals surface area contributed by atoms with Crippen molar-refractivity contribution in [1.29, 1.82) is 5.26 Å². The molecule has 0 aliphatic heterocycles. The van der Waals surface area contributed by atoms with Gasteiger partial charge in [-0.2, -0.15) is 5.26 Å². The van der Waals surface area contributed by atoms with Crippen molar-refractivity contribution in [2.45, 2.75) is 45.1 Å². The van der Waals surface area contributed by atoms with Crippen LogP contribution < -0.4 is 4.74 Å². The second-order valence-corrected chi connectivity index (χ2v) is 6.58. The summed E-state index contributed by atoms with van der Waals surface area (Å²) in [6.45, 7) is 5.95. The van der Waals surface area contributed by atoms with Crippen LogP contribution >= 0.6 is 0 Å². The maximum atomic E-state index is 11.0. The van der Waals surface area contributed by atoms with Gasteiger partial charge >= 0.3 is 5.97 Å². The van der Waals surface area contributed by atoms with Crippen LogP contribution in [0.15, 0.2) is 61.2 Å². The lowest BCUT2D eigenvalue weighted by Crippen LogP contribution is -2.15. The molecule has 0 N–H and O–H groups in total. The molecule has 0 spiro atoms. The molecule has 0 saturated carbocycles. The van der Waals surface area contributed by atoms with Gasteiger partial charge in [-0.25, -0.2) is 4.79 Å². The molecule has 0 fully saturated rings. The van der Waals surface area contributed by atoms with Crippen LogP contribution in [0.4, 0.5) is 0 Å². The molecule has 0 radical (unpaired) electrons. The largest absolute Gasteiger partial charge is 0.490 e. The smallest absolute Gasteiger partial charge is 0.330 e. The van der Waals surface area contributed by atoms with E-state index in [2.05, 4.69) is 19.6 Å². The van der Waals surface area contributed by atoms with Crippen molar-refractivity contribution in [3.05, 3.63) is 66.7 Å². The molecule has 4 heteroatoms. The average molecular weight is 377 g/mol. The monoisotopic (exact) mass is 377 g/mol. The van der Waals surface area contributed by atoms with Crippen molar-refractivity contribution in [3.63, 3.8) is 0 Å². The number of nitrogens with zero attached hydrogens (tertiary/aromatic N) is 1. The molecule has 0 aromatic heterocycles. The van der Waals surface area contributed by atoms with Crippen LogP contribution in [0.2, 0.25) is 0 Å². The summed E-state index contributed by atoms with van der Waals surface area (Å²) in [5.74, 6) is 0.503. The van der Waals surface area contributed by atoms with Gasteiger partial charge in [0, 0.05) is 6.08 Å². The zero-order valence-electron chi connectivity index (χ0n) is 16.4. The minimum atomic E-state index is -0.362. The first-order chi connectivity index (χ1) is 13.7. The Morgan fingerprint density at radius 3 is 2.29 bits per heavy atom. The van der Waals surface area contributed by atoms with Crippen molar-refractivity contribution in [1.82, 2.24) is 0 Å². The van der Waals surface area contributed by atoms with E-state index >= 15 is 0 Å². The topological polar surface area (TPSA) is 59.3 Å². The second kappa shape index (κ2) is 11.6. The van der Waals surface area contributed by atoms with Crippen LogP contribution in [0.25, 0.3) is 11.1 Å². The highest BCUT2D eigenvalue weighted by molar-refractivity contribution is 5.81. The number of ether oxygens (including phenoxy) is 2. The standard InChI is InChI=1S/C24H27NO3/c1-3-22(8-6-5-7-17-27-24(26)4-2)28-23-15-13-21(14-16-23)20-11-9-19(18-25)10-12-20/h4,9-16,22H,2-3,5-8,17H2,1H3. The summed E-state index contributed by atoms with van der Waals surface area (Å²) >= 11 is 0. The predicted octanol–water partition coefficient (Wildman–Crippen LogP) is 5.67. The zero-order valence-corrected chi connectivity index (χ0v) is 16.4. The molecule has 0 heterocycles. The van der Waals surface area contributed by atoms with Gasteiger partial charge in [0.1, 0.15) is 5.75 Å². The van der Waals surface area contributed by atoms with Crippen LogP contribution in [-0.2, 0) is 9.53 Å². The van der Waals surface area contributed by atoms with E-state index in [1.165, 1.54) is 6.08 Å². The number of nitriles is 1. The lowest BCUT2D eigenvalue weighted by molar-refractivity contribution is -0.137. The van der Waals surface area contributed by atoms with Gasteiger partial charge in [0.05, 0.1) is 24.3 Å². The summed E-state index contributed by atoms with van der Waals surface area (Å²) in [6, 6.07) is 17.7. The molecule has 0 aliphatic rings. The number of carbonyl (C=O) groups excluding carboxylic acids is 1. The van der Waals surface area contributed by atoms with E-state index < -0.39 is 0 Å². The van der Waals surface area contributed by atoms with E-state index in [0.717, 1.165) is 49.0 Å². The summed E-state index contributed by atoms with van der Waals surface area (Å²) in [7, 11) is 0. The molecular weight excluding hydrogens is 350 g/mol. The molecule has 2 rings (SSSR count). The van der Waals surface area contributed by atoms with Gasteiger partial charge in [0.25, 0.3) is 0 Å². The Bertz CT molecular complexity index is 788. The molecule has 28 heavy (non-hydrogen) atoms. The highest BCUT2D eigenvalue weighted by atomic mass is 16.5. The molecule has 0 aliphatic carbocycles. The SMILES string of the molecule is C=CC(=O)OCCCCCC(CC)Oc1ccc(-c2ccc(C#N)cc2)cc1. The molecule has 2 aromatic rings. The van der Waals surface area contributed by atoms with Crippen LogP contribution in [-0.4, -0.2) is 18.7 Å². The third-order valence-corrected chi connectivity index (χ3v) is 4.54. The molecule has 1 atom stereocenters. The maximum absolute atomic E-state index is 11.0. The summed E-state index contributed by atoms with van der Waals surface area (Å²) in [6.07, 6.45) is 6.18. The van der Waals surface area contributed by atoms with E-state index in [1.807, 2.05) is 48.5 Å². The number of carbonyl (C=O) groups is 1. The first-order valence-corrected chi connectivity index (χ1v) is 9.72. The molecule has 4 nitrogen and oxygen atoms in total. The van der Waals surface area contributed by atoms with Crippen LogP contribution in [0.3, 0.4) is 0 Å². The first kappa shape index (κ1) is 21.2. The van der Waals surface area contributed by atoms with Crippen molar-refractivity contribution < 1.29 is 14.3 Å². The highest BCUT2D eigenvalue weighted by Gasteiger charge is 2.08. The van der Waals surface area contributed by atoms with Crippen molar-refractivity contribution in [3.8, 4) is 22.9 Å². The van der Waals surface area contributed by atoms with Crippen molar-refractivity contribution in [2.24, 2.45) is 0 Å². The van der Waals surface area contributed by atoms with E-state index in [0.29, 0.717) is 12.2 Å². The molecular formula is C24H27NO3. The Labute approximate surface area is 167 Å². The van der Waals surface area contributed by atoms with Gasteiger partial charge in [-0.3, -0.25) is 0 Å². The molecule has 0 amide bonds. The fraction of sp³-hybridized carbons (Fsp3) is 0.333. The van der Waals surface area contributed by atoms with Gasteiger partial charge < -0.3 is 9.47 Å². The fourth-order valence-corrected chi connectivity index (χ4v) is 2.88. The predicted molar refractivity (Wildman–Crippen MR) is 111 cm³/mol. The molecule has 0 saturated heterocycles. The molecule has 2 aromatic carbocycles. The Balaban J connectivity index is 1.78. The molecule has 146 valence electrons. The van der Waals surface area contributed by atoms with Gasteiger partial charge in [-0.15, -0.1) is 0 Å². The van der Waals surface area contributed by atoms with Crippen LogP contribution in [0.5, 0.6) is 5.75 Å². The lowest BCUT2D eigenvalue weighted by atomic mass is 10.0. The quantitative estimate of drug-likeness (QED) is 0.287. The minimum Gasteiger partial charge on any atom is -0.490 e. The van der Waals surface area contributed by atoms with Crippen LogP contribution in [0, 0.1) is 11.3 Å². The Morgan fingerprint density at radius 2 is 1.71 bits per heavy atom. The summed E-state index contributed by atoms with van der Waals surface area (Å²) in [5, 5.41) is 8.89. The van der Waals surface area contributed by atoms with E-state index in [4.69, 9.17) is 14.7 Å². The van der Waals surface area contributed by atoms with E-state index in [1.54, 1.807) is 0 Å². The highest BCUT2D eigenvalue weighted by Crippen LogP contribution is 2.24. The number of hydrogen-bond acceptors (Lipinski definition) is 4. The normalized spacial score (nSPS) is 11.3. The van der Waals surface area contributed by atoms with Gasteiger partial charge in [0.15, 0.2) is 0 Å².